The lowest BCUT2D eigenvalue weighted by atomic mass is 9.84. The third-order valence-electron chi connectivity index (χ3n) is 6.02. The third kappa shape index (κ3) is 3.29. The van der Waals surface area contributed by atoms with Gasteiger partial charge in [-0.1, -0.05) is 43.9 Å². The van der Waals surface area contributed by atoms with E-state index in [-0.39, 0.29) is 11.5 Å². The number of hydrogen-bond donors (Lipinski definition) is 1. The number of allylic oxidation sites excluding steroid dienone is 2. The average Bonchev–Trinajstić information content (AvgIpc) is 3.13. The van der Waals surface area contributed by atoms with Gasteiger partial charge in [0.25, 0.3) is 0 Å². The van der Waals surface area contributed by atoms with Crippen LogP contribution in [0.4, 0.5) is 11.5 Å². The van der Waals surface area contributed by atoms with Crippen molar-refractivity contribution in [1.29, 1.82) is 5.26 Å². The summed E-state index contributed by atoms with van der Waals surface area (Å²) in [5, 5.41) is 19.7. The van der Waals surface area contributed by atoms with Crippen molar-refractivity contribution in [2.45, 2.75) is 59.0 Å². The van der Waals surface area contributed by atoms with Crippen LogP contribution in [0.25, 0.3) is 0 Å². The number of hydrogen-bond acceptors (Lipinski definition) is 5. The monoisotopic (exact) mass is 452 g/mol. The van der Waals surface area contributed by atoms with E-state index in [1.165, 1.54) is 16.9 Å². The molecule has 0 saturated carbocycles. The Morgan fingerprint density at radius 1 is 1.29 bits per heavy atom. The van der Waals surface area contributed by atoms with Crippen LogP contribution in [-0.2, 0) is 23.8 Å². The van der Waals surface area contributed by atoms with Crippen LogP contribution in [0.2, 0.25) is 0 Å². The van der Waals surface area contributed by atoms with Crippen LogP contribution >= 0.6 is 6.19 Å². The molecule has 4 rings (SSSR count). The molecule has 0 fully saturated rings. The summed E-state index contributed by atoms with van der Waals surface area (Å²) in [6.07, 6.45) is -0.0561. The summed E-state index contributed by atoms with van der Waals surface area (Å²) < 4.78 is 1.84. The highest BCUT2D eigenvalue weighted by Crippen LogP contribution is 2.60. The molecule has 0 aliphatic carbocycles. The molecule has 1 N–H and O–H groups in total. The fourth-order valence-electron chi connectivity index (χ4n) is 4.85. The molecule has 1 unspecified atom stereocenters. The Morgan fingerprint density at radius 2 is 2.00 bits per heavy atom. The van der Waals surface area contributed by atoms with Crippen molar-refractivity contribution >= 4 is 41.0 Å². The van der Waals surface area contributed by atoms with Gasteiger partial charge in [0.1, 0.15) is 0 Å². The number of anilines is 1. The lowest BCUT2D eigenvalue weighted by Crippen LogP contribution is -2.33. The Balaban J connectivity index is 1.99. The minimum Gasteiger partial charge on any atom is -0.346 e. The Labute approximate surface area is 189 Å². The summed E-state index contributed by atoms with van der Waals surface area (Å²) in [6.45, 7) is 11.3. The molecule has 1 aromatic carbocycles. The molecule has 0 saturated heterocycles. The molecular weight excluding hydrogens is 423 g/mol. The maximum absolute atomic E-state index is 9.05. The summed E-state index contributed by atoms with van der Waals surface area (Å²) in [5.74, 6) is 0.796. The molecule has 1 aromatic heterocycles. The minimum absolute atomic E-state index is 0.197. The maximum atomic E-state index is 9.05. The molecule has 6 nitrogen and oxygen atoms in total. The number of aryl methyl sites for hydroxylation is 2. The van der Waals surface area contributed by atoms with Crippen LogP contribution in [0.15, 0.2) is 40.3 Å². The summed E-state index contributed by atoms with van der Waals surface area (Å²) in [6, 6.07) is 11.0. The van der Waals surface area contributed by atoms with Crippen molar-refractivity contribution in [3.8, 4) is 6.07 Å². The van der Waals surface area contributed by atoms with Crippen LogP contribution in [0.5, 0.6) is 0 Å². The minimum atomic E-state index is -2.41. The van der Waals surface area contributed by atoms with E-state index in [1.807, 2.05) is 17.8 Å². The predicted octanol–water partition coefficient (Wildman–Crippen LogP) is 4.48. The quantitative estimate of drug-likeness (QED) is 0.693. The van der Waals surface area contributed by atoms with Crippen molar-refractivity contribution in [3.63, 3.8) is 0 Å². The Bertz CT molecular complexity index is 1200. The van der Waals surface area contributed by atoms with Gasteiger partial charge in [-0.25, -0.2) is 9.67 Å². The first kappa shape index (κ1) is 22.0. The highest BCUT2D eigenvalue weighted by molar-refractivity contribution is 8.20. The van der Waals surface area contributed by atoms with Gasteiger partial charge in [0.05, 0.1) is 36.2 Å². The Morgan fingerprint density at radius 3 is 2.65 bits per heavy atom. The van der Waals surface area contributed by atoms with E-state index < -0.39 is 6.19 Å². The molecule has 31 heavy (non-hydrogen) atoms. The first-order chi connectivity index (χ1) is 14.6. The van der Waals surface area contributed by atoms with E-state index >= 15 is 0 Å². The van der Waals surface area contributed by atoms with Crippen molar-refractivity contribution in [2.75, 3.05) is 11.9 Å². The maximum Gasteiger partial charge on any atom is 0.160 e. The largest absolute Gasteiger partial charge is 0.346 e. The molecule has 8 heteroatoms. The second-order valence-corrected chi connectivity index (χ2v) is 13.0. The Hall–Kier alpha value is -2.26. The number of aliphatic imine (C=N–C) groups is 1. The van der Waals surface area contributed by atoms with Crippen molar-refractivity contribution in [2.24, 2.45) is 4.99 Å². The number of likely N-dealkylation sites (N-methyl/N-ethyl adjacent to an activating group) is 1. The Kier molecular flexibility index (Phi) is 5.46. The van der Waals surface area contributed by atoms with E-state index in [0.29, 0.717) is 13.0 Å². The first-order valence-corrected chi connectivity index (χ1v) is 13.4. The number of benzene rings is 1. The van der Waals surface area contributed by atoms with Crippen LogP contribution in [0, 0.1) is 18.3 Å². The van der Waals surface area contributed by atoms with Crippen molar-refractivity contribution < 1.29 is 0 Å². The normalized spacial score (nSPS) is 23.7. The number of aromatic nitrogens is 2. The smallest absolute Gasteiger partial charge is 0.160 e. The SMILES string of the molecule is Cc1nn(CCC#N)c2c1P(=S)(NC(C)C)/C(=C1\N(C)c3ccccc3C1(C)C)C=N2. The lowest BCUT2D eigenvalue weighted by Gasteiger charge is -2.35. The molecule has 0 radical (unpaired) electrons. The molecular formula is C23H29N6PS. The third-order valence-corrected chi connectivity index (χ3v) is 10.5. The number of fused-ring (bicyclic) bond motifs is 2. The molecule has 0 spiro atoms. The fourth-order valence-corrected chi connectivity index (χ4v) is 9.67. The van der Waals surface area contributed by atoms with Gasteiger partial charge in [-0.05, 0) is 32.4 Å². The van der Waals surface area contributed by atoms with E-state index in [4.69, 9.17) is 27.2 Å². The molecule has 3 heterocycles. The zero-order valence-corrected chi connectivity index (χ0v) is 20.7. The van der Waals surface area contributed by atoms with Crippen LogP contribution in [0.1, 0.15) is 45.4 Å². The summed E-state index contributed by atoms with van der Waals surface area (Å²) >= 11 is 6.53. The second-order valence-electron chi connectivity index (χ2n) is 8.98. The summed E-state index contributed by atoms with van der Waals surface area (Å²) in [5.41, 5.74) is 4.41. The van der Waals surface area contributed by atoms with Crippen LogP contribution < -0.4 is 15.3 Å². The molecule has 1 atom stereocenters. The van der Waals surface area contributed by atoms with Gasteiger partial charge in [-0.2, -0.15) is 10.4 Å². The standard InChI is InChI=1S/C23H29N6PS/c1-15(2)27-30(31)19(14-25-22-20(30)16(3)26-29(22)13-9-12-24)21-23(4,5)17-10-7-8-11-18(17)28(21)6/h7-8,10-11,14-15H,9,13H2,1-6H3,(H,27,31)/b21-19-. The average molecular weight is 453 g/mol. The highest BCUT2D eigenvalue weighted by Gasteiger charge is 2.45. The van der Waals surface area contributed by atoms with E-state index in [2.05, 4.69) is 75.1 Å². The van der Waals surface area contributed by atoms with Gasteiger partial charge in [-0.15, -0.1) is 0 Å². The van der Waals surface area contributed by atoms with E-state index in [9.17, 15) is 0 Å². The van der Waals surface area contributed by atoms with Crippen molar-refractivity contribution in [1.82, 2.24) is 14.9 Å². The number of nitriles is 1. The van der Waals surface area contributed by atoms with Gasteiger partial charge in [0.15, 0.2) is 5.82 Å². The lowest BCUT2D eigenvalue weighted by molar-refractivity contribution is 0.626. The molecule has 0 amide bonds. The van der Waals surface area contributed by atoms with Gasteiger partial charge in [0.2, 0.25) is 0 Å². The van der Waals surface area contributed by atoms with Gasteiger partial charge < -0.3 is 4.90 Å². The number of nitrogens with zero attached hydrogens (tertiary/aromatic N) is 5. The van der Waals surface area contributed by atoms with E-state index in [1.54, 1.807) is 0 Å². The fraction of sp³-hybridized carbons (Fsp3) is 0.435. The van der Waals surface area contributed by atoms with Crippen molar-refractivity contribution in [3.05, 3.63) is 46.5 Å². The number of para-hydroxylation sites is 1. The van der Waals surface area contributed by atoms with E-state index in [0.717, 1.165) is 22.1 Å². The zero-order valence-electron chi connectivity index (χ0n) is 19.0. The zero-order chi connectivity index (χ0) is 22.6. The predicted molar refractivity (Wildman–Crippen MR) is 132 cm³/mol. The molecule has 2 aliphatic heterocycles. The van der Waals surface area contributed by atoms with Gasteiger partial charge in [-0.3, -0.25) is 5.09 Å². The van der Waals surface area contributed by atoms with Crippen LogP contribution in [0.3, 0.4) is 0 Å². The first-order valence-electron chi connectivity index (χ1n) is 10.6. The topological polar surface area (TPSA) is 69.2 Å². The highest BCUT2D eigenvalue weighted by atomic mass is 32.4. The molecule has 2 aromatic rings. The number of nitrogens with one attached hydrogen (secondary N) is 1. The molecule has 162 valence electrons. The second kappa shape index (κ2) is 7.70. The summed E-state index contributed by atoms with van der Waals surface area (Å²) in [7, 11) is 2.12. The van der Waals surface area contributed by atoms with Gasteiger partial charge in [0, 0.05) is 41.4 Å². The number of rotatable bonds is 4. The molecule has 2 aliphatic rings. The summed E-state index contributed by atoms with van der Waals surface area (Å²) in [4.78, 5) is 7.14. The van der Waals surface area contributed by atoms with Crippen LogP contribution in [-0.4, -0.2) is 29.1 Å². The molecule has 0 bridgehead atoms. The van der Waals surface area contributed by atoms with Gasteiger partial charge >= 0.3 is 0 Å².